The molecule has 0 aromatic carbocycles. The second kappa shape index (κ2) is 3.97. The van der Waals surface area contributed by atoms with Gasteiger partial charge in [0.15, 0.2) is 0 Å². The van der Waals surface area contributed by atoms with E-state index in [1.165, 1.54) is 0 Å². The maximum atomic E-state index is 9.93. The maximum Gasteiger partial charge on any atom is 0.0746 e. The molecule has 13 heavy (non-hydrogen) atoms. The molecule has 2 heteroatoms. The van der Waals surface area contributed by atoms with Gasteiger partial charge in [0.1, 0.15) is 0 Å². The zero-order valence-corrected chi connectivity index (χ0v) is 9.38. The second-order valence-corrected chi connectivity index (χ2v) is 5.06. The van der Waals surface area contributed by atoms with E-state index in [-0.39, 0.29) is 0 Å². The standard InChI is InChI=1S/C11H23NO/c1-9(2)10(3)12-7-5-6-11(4,13)8-12/h9-10,13H,5-8H2,1-4H3. The Bertz CT molecular complexity index is 165. The van der Waals surface area contributed by atoms with Crippen LogP contribution in [0.5, 0.6) is 0 Å². The summed E-state index contributed by atoms with van der Waals surface area (Å²) in [6, 6.07) is 0.590. The molecule has 1 saturated heterocycles. The van der Waals surface area contributed by atoms with Gasteiger partial charge in [-0.15, -0.1) is 0 Å². The minimum Gasteiger partial charge on any atom is -0.389 e. The van der Waals surface area contributed by atoms with Crippen molar-refractivity contribution >= 4 is 0 Å². The van der Waals surface area contributed by atoms with E-state index in [0.29, 0.717) is 12.0 Å². The highest BCUT2D eigenvalue weighted by atomic mass is 16.3. The lowest BCUT2D eigenvalue weighted by atomic mass is 9.92. The number of aliphatic hydroxyl groups is 1. The van der Waals surface area contributed by atoms with Crippen LogP contribution in [0.2, 0.25) is 0 Å². The van der Waals surface area contributed by atoms with Crippen molar-refractivity contribution < 1.29 is 5.11 Å². The highest BCUT2D eigenvalue weighted by Gasteiger charge is 2.31. The predicted octanol–water partition coefficient (Wildman–Crippen LogP) is 1.88. The summed E-state index contributed by atoms with van der Waals surface area (Å²) in [6.07, 6.45) is 2.08. The molecule has 1 aliphatic rings. The predicted molar refractivity (Wildman–Crippen MR) is 55.7 cm³/mol. The van der Waals surface area contributed by atoms with Crippen LogP contribution >= 0.6 is 0 Å². The first kappa shape index (κ1) is 11.0. The van der Waals surface area contributed by atoms with Crippen LogP contribution in [0.4, 0.5) is 0 Å². The first-order valence-electron chi connectivity index (χ1n) is 5.39. The molecule has 0 spiro atoms. The van der Waals surface area contributed by atoms with Gasteiger partial charge >= 0.3 is 0 Å². The van der Waals surface area contributed by atoms with Gasteiger partial charge in [0, 0.05) is 12.6 Å². The number of hydrogen-bond acceptors (Lipinski definition) is 2. The second-order valence-electron chi connectivity index (χ2n) is 5.06. The summed E-state index contributed by atoms with van der Waals surface area (Å²) in [5.74, 6) is 0.675. The van der Waals surface area contributed by atoms with Gasteiger partial charge in [0.25, 0.3) is 0 Å². The molecule has 0 aliphatic carbocycles. The van der Waals surface area contributed by atoms with Crippen LogP contribution < -0.4 is 0 Å². The van der Waals surface area contributed by atoms with E-state index in [1.54, 1.807) is 0 Å². The summed E-state index contributed by atoms with van der Waals surface area (Å²) >= 11 is 0. The fourth-order valence-electron chi connectivity index (χ4n) is 2.03. The Morgan fingerprint density at radius 3 is 2.38 bits per heavy atom. The molecule has 0 aromatic heterocycles. The third kappa shape index (κ3) is 2.96. The normalized spacial score (nSPS) is 33.7. The Labute approximate surface area is 81.9 Å². The third-order valence-corrected chi connectivity index (χ3v) is 3.25. The van der Waals surface area contributed by atoms with Gasteiger partial charge in [0.2, 0.25) is 0 Å². The van der Waals surface area contributed by atoms with E-state index in [2.05, 4.69) is 25.7 Å². The van der Waals surface area contributed by atoms with E-state index in [9.17, 15) is 5.11 Å². The molecule has 0 bridgehead atoms. The molecule has 1 rings (SSSR count). The topological polar surface area (TPSA) is 23.5 Å². The number of nitrogens with zero attached hydrogens (tertiary/aromatic N) is 1. The molecule has 1 fully saturated rings. The first-order valence-corrected chi connectivity index (χ1v) is 5.39. The van der Waals surface area contributed by atoms with Crippen molar-refractivity contribution in [3.05, 3.63) is 0 Å². The van der Waals surface area contributed by atoms with Crippen molar-refractivity contribution in [2.75, 3.05) is 13.1 Å². The van der Waals surface area contributed by atoms with E-state index >= 15 is 0 Å². The Balaban J connectivity index is 2.51. The van der Waals surface area contributed by atoms with Crippen LogP contribution in [0.15, 0.2) is 0 Å². The van der Waals surface area contributed by atoms with Crippen LogP contribution in [-0.4, -0.2) is 34.7 Å². The average Bonchev–Trinajstić information content (AvgIpc) is 2.01. The third-order valence-electron chi connectivity index (χ3n) is 3.25. The van der Waals surface area contributed by atoms with E-state index in [4.69, 9.17) is 0 Å². The lowest BCUT2D eigenvalue weighted by Gasteiger charge is -2.41. The van der Waals surface area contributed by atoms with Gasteiger partial charge in [-0.25, -0.2) is 0 Å². The molecule has 0 amide bonds. The minimum absolute atomic E-state index is 0.457. The van der Waals surface area contributed by atoms with Crippen molar-refractivity contribution in [2.45, 2.75) is 52.2 Å². The fraction of sp³-hybridized carbons (Fsp3) is 1.00. The minimum atomic E-state index is -0.457. The molecule has 1 aliphatic heterocycles. The van der Waals surface area contributed by atoms with E-state index in [1.807, 2.05) is 6.92 Å². The summed E-state index contributed by atoms with van der Waals surface area (Å²) in [6.45, 7) is 10.7. The highest BCUT2D eigenvalue weighted by Crippen LogP contribution is 2.23. The lowest BCUT2D eigenvalue weighted by molar-refractivity contribution is -0.0335. The van der Waals surface area contributed by atoms with Crippen molar-refractivity contribution in [1.82, 2.24) is 4.90 Å². The molecule has 1 N–H and O–H groups in total. The van der Waals surface area contributed by atoms with Crippen molar-refractivity contribution in [3.63, 3.8) is 0 Å². The molecule has 1 heterocycles. The molecule has 78 valence electrons. The van der Waals surface area contributed by atoms with Gasteiger partial charge in [-0.1, -0.05) is 13.8 Å². The molecular formula is C11H23NO. The summed E-state index contributed by atoms with van der Waals surface area (Å²) < 4.78 is 0. The Hall–Kier alpha value is -0.0800. The number of rotatable bonds is 2. The van der Waals surface area contributed by atoms with Crippen molar-refractivity contribution in [2.24, 2.45) is 5.92 Å². The van der Waals surface area contributed by atoms with E-state index in [0.717, 1.165) is 25.9 Å². The number of hydrogen-bond donors (Lipinski definition) is 1. The zero-order chi connectivity index (χ0) is 10.1. The maximum absolute atomic E-state index is 9.93. The monoisotopic (exact) mass is 185 g/mol. The molecular weight excluding hydrogens is 162 g/mol. The number of β-amino-alcohol motifs (C(OH)–C–C–N with tert-alkyl or cyclic N) is 1. The first-order chi connectivity index (χ1) is 5.92. The Kier molecular flexibility index (Phi) is 3.36. The summed E-state index contributed by atoms with van der Waals surface area (Å²) in [5, 5.41) is 9.93. The van der Waals surface area contributed by atoms with Crippen LogP contribution in [0.1, 0.15) is 40.5 Å². The molecule has 2 atom stereocenters. The van der Waals surface area contributed by atoms with Crippen LogP contribution in [-0.2, 0) is 0 Å². The van der Waals surface area contributed by atoms with Crippen LogP contribution in [0.25, 0.3) is 0 Å². The van der Waals surface area contributed by atoms with Gasteiger partial charge in [-0.05, 0) is 39.2 Å². The highest BCUT2D eigenvalue weighted by molar-refractivity contribution is 4.85. The molecule has 2 nitrogen and oxygen atoms in total. The smallest absolute Gasteiger partial charge is 0.0746 e. The largest absolute Gasteiger partial charge is 0.389 e. The summed E-state index contributed by atoms with van der Waals surface area (Å²) in [4.78, 5) is 2.41. The van der Waals surface area contributed by atoms with Crippen LogP contribution in [0.3, 0.4) is 0 Å². The molecule has 0 radical (unpaired) electrons. The van der Waals surface area contributed by atoms with Gasteiger partial charge in [0.05, 0.1) is 5.60 Å². The molecule has 2 unspecified atom stereocenters. The lowest BCUT2D eigenvalue weighted by Crippen LogP contribution is -2.50. The average molecular weight is 185 g/mol. The number of piperidine rings is 1. The molecule has 0 aromatic rings. The fourth-order valence-corrected chi connectivity index (χ4v) is 2.03. The summed E-state index contributed by atoms with van der Waals surface area (Å²) in [7, 11) is 0. The number of likely N-dealkylation sites (tertiary alicyclic amines) is 1. The quantitative estimate of drug-likeness (QED) is 0.710. The van der Waals surface area contributed by atoms with Crippen molar-refractivity contribution in [3.8, 4) is 0 Å². The zero-order valence-electron chi connectivity index (χ0n) is 9.38. The Morgan fingerprint density at radius 2 is 1.92 bits per heavy atom. The van der Waals surface area contributed by atoms with E-state index < -0.39 is 5.60 Å². The Morgan fingerprint density at radius 1 is 1.31 bits per heavy atom. The van der Waals surface area contributed by atoms with Gasteiger partial charge in [-0.3, -0.25) is 4.90 Å². The van der Waals surface area contributed by atoms with Gasteiger partial charge in [-0.2, -0.15) is 0 Å². The molecule has 0 saturated carbocycles. The van der Waals surface area contributed by atoms with Crippen molar-refractivity contribution in [1.29, 1.82) is 0 Å². The van der Waals surface area contributed by atoms with Gasteiger partial charge < -0.3 is 5.11 Å². The van der Waals surface area contributed by atoms with Crippen LogP contribution in [0, 0.1) is 5.92 Å². The SMILES string of the molecule is CC(C)C(C)N1CCCC(C)(O)C1. The summed E-state index contributed by atoms with van der Waals surface area (Å²) in [5.41, 5.74) is -0.457.